The van der Waals surface area contributed by atoms with E-state index >= 15 is 0 Å². The summed E-state index contributed by atoms with van der Waals surface area (Å²) in [6, 6.07) is 15.4. The van der Waals surface area contributed by atoms with E-state index in [2.05, 4.69) is 11.7 Å². The summed E-state index contributed by atoms with van der Waals surface area (Å²) in [6.45, 7) is -0.232. The van der Waals surface area contributed by atoms with Gasteiger partial charge in [-0.2, -0.15) is 8.78 Å². The van der Waals surface area contributed by atoms with Crippen molar-refractivity contribution >= 4 is 0 Å². The molecule has 35 heavy (non-hydrogen) atoms. The normalized spacial score (nSPS) is 11.1. The highest BCUT2D eigenvalue weighted by Gasteiger charge is 2.13. The lowest BCUT2D eigenvalue weighted by Gasteiger charge is -2.10. The Hall–Kier alpha value is -3.02. The molecule has 0 aliphatic rings. The van der Waals surface area contributed by atoms with Crippen LogP contribution in [0.15, 0.2) is 60.7 Å². The van der Waals surface area contributed by atoms with Gasteiger partial charge in [-0.25, -0.2) is 8.78 Å². The smallest absolute Gasteiger partial charge is 0.387 e. The molecule has 0 aromatic heterocycles. The van der Waals surface area contributed by atoms with Gasteiger partial charge in [-0.05, 0) is 53.4 Å². The van der Waals surface area contributed by atoms with E-state index < -0.39 is 24.0 Å². The number of hydrogen-bond acceptors (Lipinski definition) is 2. The van der Waals surface area contributed by atoms with Crippen LogP contribution in [0.25, 0.3) is 22.3 Å². The number of hydrogen-bond donors (Lipinski definition) is 0. The molecule has 6 heteroatoms. The molecule has 0 amide bonds. The monoisotopic (exact) mass is 488 g/mol. The van der Waals surface area contributed by atoms with Crippen molar-refractivity contribution in [1.29, 1.82) is 0 Å². The van der Waals surface area contributed by atoms with Gasteiger partial charge in [-0.15, -0.1) is 0 Å². The Morgan fingerprint density at radius 1 is 0.657 bits per heavy atom. The average Bonchev–Trinajstić information content (AvgIpc) is 2.84. The molecule has 0 aliphatic heterocycles. The highest BCUT2D eigenvalue weighted by Crippen LogP contribution is 2.31. The van der Waals surface area contributed by atoms with Crippen LogP contribution in [0.4, 0.5) is 17.6 Å². The Balaban J connectivity index is 1.53. The molecular weight excluding hydrogens is 456 g/mol. The van der Waals surface area contributed by atoms with Gasteiger partial charge in [0.25, 0.3) is 0 Å². The fourth-order valence-corrected chi connectivity index (χ4v) is 3.96. The Kier molecular flexibility index (Phi) is 10.5. The molecule has 3 aromatic carbocycles. The van der Waals surface area contributed by atoms with E-state index in [0.29, 0.717) is 28.9 Å². The number of halogens is 4. The van der Waals surface area contributed by atoms with Gasteiger partial charge in [-0.3, -0.25) is 0 Å². The fourth-order valence-electron chi connectivity index (χ4n) is 3.96. The number of alkyl halides is 2. The Labute approximate surface area is 204 Å². The summed E-state index contributed by atoms with van der Waals surface area (Å²) >= 11 is 0. The molecule has 0 saturated heterocycles. The number of unbranched alkanes of at least 4 members (excludes halogenated alkanes) is 7. The Morgan fingerprint density at radius 3 is 1.83 bits per heavy atom. The maximum absolute atomic E-state index is 14.8. The maximum Gasteiger partial charge on any atom is 0.387 e. The minimum atomic E-state index is -3.12. The summed E-state index contributed by atoms with van der Waals surface area (Å²) in [7, 11) is 0. The fraction of sp³-hybridized carbons (Fsp3) is 0.379. The average molecular weight is 489 g/mol. The third-order valence-corrected chi connectivity index (χ3v) is 5.88. The molecule has 0 heterocycles. The predicted molar refractivity (Wildman–Crippen MR) is 132 cm³/mol. The molecule has 3 aromatic rings. The van der Waals surface area contributed by atoms with Crippen LogP contribution in [-0.2, 0) is 0 Å². The van der Waals surface area contributed by atoms with Crippen LogP contribution in [0.1, 0.15) is 58.3 Å². The van der Waals surface area contributed by atoms with Gasteiger partial charge in [0.05, 0.1) is 6.61 Å². The third kappa shape index (κ3) is 8.30. The topological polar surface area (TPSA) is 18.5 Å². The van der Waals surface area contributed by atoms with E-state index in [4.69, 9.17) is 4.74 Å². The quantitative estimate of drug-likeness (QED) is 0.166. The second kappa shape index (κ2) is 13.8. The highest BCUT2D eigenvalue weighted by molar-refractivity contribution is 5.71. The first-order valence-electron chi connectivity index (χ1n) is 12.3. The van der Waals surface area contributed by atoms with Crippen LogP contribution in [-0.4, -0.2) is 13.2 Å². The first-order chi connectivity index (χ1) is 17.0. The first kappa shape index (κ1) is 26.6. The maximum atomic E-state index is 14.8. The summed E-state index contributed by atoms with van der Waals surface area (Å²) in [4.78, 5) is 0. The van der Waals surface area contributed by atoms with Crippen molar-refractivity contribution < 1.29 is 27.0 Å². The van der Waals surface area contributed by atoms with Gasteiger partial charge in [0.15, 0.2) is 11.6 Å². The zero-order chi connectivity index (χ0) is 25.0. The van der Waals surface area contributed by atoms with Crippen molar-refractivity contribution in [2.24, 2.45) is 0 Å². The van der Waals surface area contributed by atoms with Crippen LogP contribution >= 0.6 is 0 Å². The van der Waals surface area contributed by atoms with Crippen molar-refractivity contribution in [2.45, 2.75) is 64.9 Å². The lowest BCUT2D eigenvalue weighted by Crippen LogP contribution is -2.03. The number of rotatable bonds is 14. The molecule has 0 radical (unpaired) electrons. The molecule has 0 saturated carbocycles. The summed E-state index contributed by atoms with van der Waals surface area (Å²) < 4.78 is 63.4. The van der Waals surface area contributed by atoms with Crippen LogP contribution < -0.4 is 9.47 Å². The lowest BCUT2D eigenvalue weighted by atomic mass is 9.99. The van der Waals surface area contributed by atoms with Gasteiger partial charge < -0.3 is 9.47 Å². The third-order valence-electron chi connectivity index (χ3n) is 5.88. The van der Waals surface area contributed by atoms with Gasteiger partial charge in [0.1, 0.15) is 11.6 Å². The summed E-state index contributed by atoms with van der Waals surface area (Å²) in [5.74, 6) is -1.21. The highest BCUT2D eigenvalue weighted by atomic mass is 19.3. The van der Waals surface area contributed by atoms with E-state index in [1.54, 1.807) is 24.3 Å². The minimum Gasteiger partial charge on any atom is -0.494 e. The van der Waals surface area contributed by atoms with Gasteiger partial charge in [0.2, 0.25) is 0 Å². The summed E-state index contributed by atoms with van der Waals surface area (Å²) in [6.07, 6.45) is 9.93. The van der Waals surface area contributed by atoms with Crippen molar-refractivity contribution in [2.75, 3.05) is 6.61 Å². The number of ether oxygens (including phenoxy) is 2. The van der Waals surface area contributed by atoms with E-state index in [9.17, 15) is 17.6 Å². The van der Waals surface area contributed by atoms with Crippen LogP contribution in [0.3, 0.4) is 0 Å². The van der Waals surface area contributed by atoms with E-state index in [1.807, 2.05) is 12.1 Å². The summed E-state index contributed by atoms with van der Waals surface area (Å²) in [5, 5.41) is 0. The predicted octanol–water partition coefficient (Wildman–Crippen LogP) is 9.42. The first-order valence-corrected chi connectivity index (χ1v) is 12.3. The van der Waals surface area contributed by atoms with Crippen LogP contribution in [0.2, 0.25) is 0 Å². The molecule has 0 aliphatic carbocycles. The van der Waals surface area contributed by atoms with E-state index in [-0.39, 0.29) is 0 Å². The largest absolute Gasteiger partial charge is 0.494 e. The Morgan fingerprint density at radius 2 is 1.23 bits per heavy atom. The minimum absolute atomic E-state index is 0.360. The second-order valence-electron chi connectivity index (χ2n) is 8.57. The standard InChI is InChI=1S/C29H32F4O2/c1-2-3-4-5-6-7-8-9-18-34-24-14-10-21(11-15-24)25-16-12-22(19-26(25)30)23-13-17-28(27(31)20-23)35-29(32)33/h10-17,19-20,29H,2-9,18H2,1H3. The molecule has 0 fully saturated rings. The zero-order valence-electron chi connectivity index (χ0n) is 20.0. The molecule has 3 rings (SSSR count). The molecule has 0 atom stereocenters. The van der Waals surface area contributed by atoms with Crippen molar-refractivity contribution in [3.8, 4) is 33.8 Å². The van der Waals surface area contributed by atoms with Crippen molar-refractivity contribution in [1.82, 2.24) is 0 Å². The molecule has 0 spiro atoms. The summed E-state index contributed by atoms with van der Waals surface area (Å²) in [5.41, 5.74) is 1.89. The van der Waals surface area contributed by atoms with Crippen molar-refractivity contribution in [3.05, 3.63) is 72.3 Å². The van der Waals surface area contributed by atoms with Crippen LogP contribution in [0.5, 0.6) is 11.5 Å². The Bertz CT molecular complexity index is 1050. The van der Waals surface area contributed by atoms with E-state index in [0.717, 1.165) is 30.7 Å². The number of benzene rings is 3. The lowest BCUT2D eigenvalue weighted by molar-refractivity contribution is -0.0521. The second-order valence-corrected chi connectivity index (χ2v) is 8.57. The molecular formula is C29H32F4O2. The van der Waals surface area contributed by atoms with E-state index in [1.165, 1.54) is 50.7 Å². The molecule has 0 N–H and O–H groups in total. The van der Waals surface area contributed by atoms with Gasteiger partial charge >= 0.3 is 6.61 Å². The molecule has 188 valence electrons. The van der Waals surface area contributed by atoms with Gasteiger partial charge in [-0.1, -0.05) is 82.2 Å². The molecule has 0 unspecified atom stereocenters. The molecule has 0 bridgehead atoms. The van der Waals surface area contributed by atoms with Gasteiger partial charge in [0, 0.05) is 5.56 Å². The zero-order valence-corrected chi connectivity index (χ0v) is 20.0. The van der Waals surface area contributed by atoms with Crippen molar-refractivity contribution in [3.63, 3.8) is 0 Å². The SMILES string of the molecule is CCCCCCCCCCOc1ccc(-c2ccc(-c3ccc(OC(F)F)c(F)c3)cc2F)cc1. The molecule has 2 nitrogen and oxygen atoms in total. The van der Waals surface area contributed by atoms with Crippen LogP contribution in [0, 0.1) is 11.6 Å².